The van der Waals surface area contributed by atoms with Crippen LogP contribution < -0.4 is 9.80 Å². The molecule has 2 aromatic rings. The minimum atomic E-state index is 0.405. The lowest BCUT2D eigenvalue weighted by molar-refractivity contribution is 0.644. The van der Waals surface area contributed by atoms with Crippen molar-refractivity contribution in [2.45, 2.75) is 13.8 Å². The Balaban J connectivity index is 1.75. The number of anilines is 2. The Morgan fingerprint density at radius 2 is 1.68 bits per heavy atom. The maximum Gasteiger partial charge on any atom is 0.183 e. The molecule has 5 nitrogen and oxygen atoms in total. The van der Waals surface area contributed by atoms with E-state index in [0.717, 1.165) is 26.2 Å². The van der Waals surface area contributed by atoms with Gasteiger partial charge in [-0.15, -0.1) is 0 Å². The van der Waals surface area contributed by atoms with Crippen molar-refractivity contribution in [1.82, 2.24) is 9.97 Å². The molecule has 1 aromatic carbocycles. The van der Waals surface area contributed by atoms with Gasteiger partial charge in [-0.25, -0.2) is 9.97 Å². The molecule has 0 amide bonds. The standard InChI is InChI=1S/C17H19N5/c1-13-3-4-14(2)16(11-13)21-7-9-22(10-8-21)17-15(12-18)19-5-6-20-17/h3-6,11H,7-10H2,1-2H3. The number of aryl methyl sites for hydroxylation is 2. The highest BCUT2D eigenvalue weighted by atomic mass is 15.3. The van der Waals surface area contributed by atoms with E-state index in [9.17, 15) is 0 Å². The van der Waals surface area contributed by atoms with Gasteiger partial charge in [-0.05, 0) is 31.0 Å². The van der Waals surface area contributed by atoms with E-state index < -0.39 is 0 Å². The maximum absolute atomic E-state index is 9.16. The summed E-state index contributed by atoms with van der Waals surface area (Å²) in [6.45, 7) is 7.81. The molecular formula is C17H19N5. The second-order valence-corrected chi connectivity index (χ2v) is 5.60. The fourth-order valence-electron chi connectivity index (χ4n) is 2.86. The molecule has 112 valence electrons. The minimum absolute atomic E-state index is 0.405. The van der Waals surface area contributed by atoms with Crippen LogP contribution in [0.5, 0.6) is 0 Å². The van der Waals surface area contributed by atoms with Crippen LogP contribution in [0.2, 0.25) is 0 Å². The zero-order chi connectivity index (χ0) is 15.5. The van der Waals surface area contributed by atoms with E-state index >= 15 is 0 Å². The van der Waals surface area contributed by atoms with Gasteiger partial charge in [0.15, 0.2) is 11.5 Å². The molecule has 0 bridgehead atoms. The summed E-state index contributed by atoms with van der Waals surface area (Å²) >= 11 is 0. The van der Waals surface area contributed by atoms with Crippen LogP contribution in [0.15, 0.2) is 30.6 Å². The summed E-state index contributed by atoms with van der Waals surface area (Å²) in [7, 11) is 0. The summed E-state index contributed by atoms with van der Waals surface area (Å²) in [6, 6.07) is 8.69. The van der Waals surface area contributed by atoms with Gasteiger partial charge in [-0.1, -0.05) is 12.1 Å². The van der Waals surface area contributed by atoms with E-state index in [1.54, 1.807) is 12.4 Å². The quantitative estimate of drug-likeness (QED) is 0.850. The number of nitriles is 1. The van der Waals surface area contributed by atoms with Gasteiger partial charge >= 0.3 is 0 Å². The first kappa shape index (κ1) is 14.3. The second-order valence-electron chi connectivity index (χ2n) is 5.60. The first-order valence-corrected chi connectivity index (χ1v) is 7.47. The van der Waals surface area contributed by atoms with Crippen molar-refractivity contribution in [3.05, 3.63) is 47.4 Å². The third kappa shape index (κ3) is 2.73. The van der Waals surface area contributed by atoms with E-state index in [2.05, 4.69) is 57.9 Å². The van der Waals surface area contributed by atoms with E-state index in [0.29, 0.717) is 11.5 Å². The monoisotopic (exact) mass is 293 g/mol. The molecule has 5 heteroatoms. The summed E-state index contributed by atoms with van der Waals surface area (Å²) in [4.78, 5) is 13.0. The van der Waals surface area contributed by atoms with Crippen molar-refractivity contribution in [2.75, 3.05) is 36.0 Å². The van der Waals surface area contributed by atoms with E-state index in [1.807, 2.05) is 0 Å². The second kappa shape index (κ2) is 6.02. The zero-order valence-electron chi connectivity index (χ0n) is 13.0. The molecule has 0 unspecified atom stereocenters. The lowest BCUT2D eigenvalue weighted by atomic mass is 10.1. The van der Waals surface area contributed by atoms with Crippen molar-refractivity contribution < 1.29 is 0 Å². The molecule has 22 heavy (non-hydrogen) atoms. The number of hydrogen-bond acceptors (Lipinski definition) is 5. The van der Waals surface area contributed by atoms with Crippen molar-refractivity contribution >= 4 is 11.5 Å². The highest BCUT2D eigenvalue weighted by Crippen LogP contribution is 2.24. The summed E-state index contributed by atoms with van der Waals surface area (Å²) in [5.41, 5.74) is 4.29. The van der Waals surface area contributed by atoms with E-state index in [-0.39, 0.29) is 0 Å². The van der Waals surface area contributed by atoms with Gasteiger partial charge in [0.05, 0.1) is 0 Å². The molecule has 0 atom stereocenters. The van der Waals surface area contributed by atoms with Crippen LogP contribution in [-0.2, 0) is 0 Å². The first-order valence-electron chi connectivity index (χ1n) is 7.47. The normalized spacial score (nSPS) is 14.8. The first-order chi connectivity index (χ1) is 10.7. The lowest BCUT2D eigenvalue weighted by Crippen LogP contribution is -2.47. The molecule has 0 saturated carbocycles. The number of hydrogen-bond donors (Lipinski definition) is 0. The Morgan fingerprint density at radius 3 is 2.41 bits per heavy atom. The van der Waals surface area contributed by atoms with Crippen molar-refractivity contribution in [1.29, 1.82) is 5.26 Å². The van der Waals surface area contributed by atoms with Gasteiger partial charge in [0, 0.05) is 44.3 Å². The third-order valence-corrected chi connectivity index (χ3v) is 4.07. The average Bonchev–Trinajstić information content (AvgIpc) is 2.57. The number of aromatic nitrogens is 2. The molecule has 1 fully saturated rings. The fraction of sp³-hybridized carbons (Fsp3) is 0.353. The summed E-state index contributed by atoms with van der Waals surface area (Å²) in [5, 5.41) is 9.16. The van der Waals surface area contributed by atoms with Crippen LogP contribution in [0.25, 0.3) is 0 Å². The Kier molecular flexibility index (Phi) is 3.92. The van der Waals surface area contributed by atoms with Crippen molar-refractivity contribution in [3.63, 3.8) is 0 Å². The van der Waals surface area contributed by atoms with Gasteiger partial charge < -0.3 is 9.80 Å². The van der Waals surface area contributed by atoms with Crippen LogP contribution in [0.4, 0.5) is 11.5 Å². The molecule has 1 saturated heterocycles. The topological polar surface area (TPSA) is 56.1 Å². The highest BCUT2D eigenvalue weighted by Gasteiger charge is 2.21. The smallest absolute Gasteiger partial charge is 0.183 e. The van der Waals surface area contributed by atoms with Gasteiger partial charge in [0.1, 0.15) is 6.07 Å². The van der Waals surface area contributed by atoms with Crippen LogP contribution in [0.3, 0.4) is 0 Å². The Labute approximate surface area is 130 Å². The Morgan fingerprint density at radius 1 is 1.00 bits per heavy atom. The van der Waals surface area contributed by atoms with E-state index in [1.165, 1.54) is 16.8 Å². The maximum atomic E-state index is 9.16. The van der Waals surface area contributed by atoms with Crippen LogP contribution >= 0.6 is 0 Å². The Bertz CT molecular complexity index is 711. The third-order valence-electron chi connectivity index (χ3n) is 4.07. The SMILES string of the molecule is Cc1ccc(C)c(N2CCN(c3nccnc3C#N)CC2)c1. The summed E-state index contributed by atoms with van der Waals surface area (Å²) in [5.74, 6) is 0.700. The zero-order valence-corrected chi connectivity index (χ0v) is 13.0. The number of piperazine rings is 1. The van der Waals surface area contributed by atoms with Crippen LogP contribution in [-0.4, -0.2) is 36.1 Å². The predicted molar refractivity (Wildman–Crippen MR) is 87.1 cm³/mol. The Hall–Kier alpha value is -2.61. The molecular weight excluding hydrogens is 274 g/mol. The number of benzene rings is 1. The van der Waals surface area contributed by atoms with Gasteiger partial charge in [0.2, 0.25) is 0 Å². The number of nitrogens with zero attached hydrogens (tertiary/aromatic N) is 5. The van der Waals surface area contributed by atoms with Gasteiger partial charge in [-0.2, -0.15) is 5.26 Å². The van der Waals surface area contributed by atoms with Crippen molar-refractivity contribution in [3.8, 4) is 6.07 Å². The molecule has 1 aliphatic rings. The largest absolute Gasteiger partial charge is 0.368 e. The minimum Gasteiger partial charge on any atom is -0.368 e. The summed E-state index contributed by atoms with van der Waals surface area (Å²) < 4.78 is 0. The van der Waals surface area contributed by atoms with Crippen molar-refractivity contribution in [2.24, 2.45) is 0 Å². The molecule has 1 aliphatic heterocycles. The number of rotatable bonds is 2. The lowest BCUT2D eigenvalue weighted by Gasteiger charge is -2.37. The molecule has 3 rings (SSSR count). The molecule has 0 spiro atoms. The van der Waals surface area contributed by atoms with Crippen LogP contribution in [0.1, 0.15) is 16.8 Å². The molecule has 2 heterocycles. The van der Waals surface area contributed by atoms with E-state index in [4.69, 9.17) is 5.26 Å². The van der Waals surface area contributed by atoms with Gasteiger partial charge in [-0.3, -0.25) is 0 Å². The molecule has 0 N–H and O–H groups in total. The van der Waals surface area contributed by atoms with Crippen LogP contribution in [0, 0.1) is 25.2 Å². The van der Waals surface area contributed by atoms with Gasteiger partial charge in [0.25, 0.3) is 0 Å². The summed E-state index contributed by atoms with van der Waals surface area (Å²) in [6.07, 6.45) is 3.21. The average molecular weight is 293 g/mol. The molecule has 0 radical (unpaired) electrons. The predicted octanol–water partition coefficient (Wildman–Crippen LogP) is 2.29. The molecule has 1 aromatic heterocycles. The fourth-order valence-corrected chi connectivity index (χ4v) is 2.86. The molecule has 0 aliphatic carbocycles. The highest BCUT2D eigenvalue weighted by molar-refractivity contribution is 5.57.